The topological polar surface area (TPSA) is 69.6 Å². The van der Waals surface area contributed by atoms with Crippen molar-refractivity contribution >= 4 is 16.7 Å². The van der Waals surface area contributed by atoms with Crippen molar-refractivity contribution in [2.24, 2.45) is 7.05 Å². The summed E-state index contributed by atoms with van der Waals surface area (Å²) in [6.45, 7) is 1.95. The monoisotopic (exact) mass is 239 g/mol. The molecular weight excluding hydrogens is 226 g/mol. The summed E-state index contributed by atoms with van der Waals surface area (Å²) in [4.78, 5) is 12.5. The molecule has 0 bridgehead atoms. The maximum atomic E-state index is 5.71. The molecule has 3 aromatic rings. The Morgan fingerprint density at radius 1 is 1.11 bits per heavy atom. The second-order valence-electron chi connectivity index (χ2n) is 4.30. The van der Waals surface area contributed by atoms with Gasteiger partial charge in [0.1, 0.15) is 12.1 Å². The van der Waals surface area contributed by atoms with Gasteiger partial charge in [-0.3, -0.25) is 0 Å². The molecular formula is C13H13N5. The van der Waals surface area contributed by atoms with Crippen molar-refractivity contribution in [3.05, 3.63) is 36.4 Å². The van der Waals surface area contributed by atoms with Gasteiger partial charge in [0.05, 0.1) is 16.9 Å². The van der Waals surface area contributed by atoms with Crippen LogP contribution in [0.4, 0.5) is 5.82 Å². The van der Waals surface area contributed by atoms with E-state index in [9.17, 15) is 0 Å². The Bertz CT molecular complexity index is 729. The molecule has 3 aromatic heterocycles. The highest BCUT2D eigenvalue weighted by Gasteiger charge is 2.09. The lowest BCUT2D eigenvalue weighted by atomic mass is 10.2. The van der Waals surface area contributed by atoms with E-state index >= 15 is 0 Å². The lowest BCUT2D eigenvalue weighted by molar-refractivity contribution is 0.963. The van der Waals surface area contributed by atoms with E-state index in [1.807, 2.05) is 26.1 Å². The molecule has 0 aliphatic rings. The normalized spacial score (nSPS) is 11.0. The van der Waals surface area contributed by atoms with Crippen LogP contribution < -0.4 is 5.73 Å². The molecule has 0 spiro atoms. The molecule has 0 fully saturated rings. The number of aromatic nitrogens is 4. The molecule has 0 amide bonds. The van der Waals surface area contributed by atoms with Crippen LogP contribution >= 0.6 is 0 Å². The molecule has 3 heterocycles. The molecule has 0 atom stereocenters. The first-order valence-electron chi connectivity index (χ1n) is 5.65. The molecule has 90 valence electrons. The summed E-state index contributed by atoms with van der Waals surface area (Å²) in [6.07, 6.45) is 3.36. The molecule has 0 saturated heterocycles. The van der Waals surface area contributed by atoms with Gasteiger partial charge in [0, 0.05) is 30.4 Å². The largest absolute Gasteiger partial charge is 0.384 e. The van der Waals surface area contributed by atoms with E-state index in [0.29, 0.717) is 5.82 Å². The van der Waals surface area contributed by atoms with Gasteiger partial charge in [-0.1, -0.05) is 0 Å². The number of anilines is 1. The minimum absolute atomic E-state index is 0.522. The Morgan fingerprint density at radius 3 is 2.72 bits per heavy atom. The van der Waals surface area contributed by atoms with Crippen molar-refractivity contribution in [3.8, 4) is 11.4 Å². The van der Waals surface area contributed by atoms with Crippen LogP contribution in [0.1, 0.15) is 5.69 Å². The molecule has 0 unspecified atom stereocenters. The van der Waals surface area contributed by atoms with E-state index in [2.05, 4.69) is 25.6 Å². The zero-order valence-corrected chi connectivity index (χ0v) is 10.3. The van der Waals surface area contributed by atoms with Crippen LogP contribution in [-0.4, -0.2) is 19.5 Å². The fourth-order valence-electron chi connectivity index (χ4n) is 2.09. The maximum absolute atomic E-state index is 5.71. The van der Waals surface area contributed by atoms with E-state index in [-0.39, 0.29) is 0 Å². The third kappa shape index (κ3) is 1.60. The van der Waals surface area contributed by atoms with Crippen molar-refractivity contribution in [2.75, 3.05) is 5.73 Å². The SMILES string of the molecule is Cc1cc(-c2cc3cnc(N)cc3n2C)ncn1. The molecule has 5 nitrogen and oxygen atoms in total. The smallest absolute Gasteiger partial charge is 0.125 e. The predicted octanol–water partition coefficient (Wildman–Crippen LogP) is 1.92. The first kappa shape index (κ1) is 10.7. The molecule has 5 heteroatoms. The Morgan fingerprint density at radius 2 is 1.94 bits per heavy atom. The standard InChI is InChI=1S/C13H13N5/c1-8-3-10(17-7-16-8)12-4-9-6-15-13(14)5-11(9)18(12)2/h3-7H,1-2H3,(H2,14,15). The number of nitrogens with zero attached hydrogens (tertiary/aromatic N) is 4. The van der Waals surface area contributed by atoms with Gasteiger partial charge in [0.25, 0.3) is 0 Å². The number of hydrogen-bond donors (Lipinski definition) is 1. The van der Waals surface area contributed by atoms with Gasteiger partial charge in [0.15, 0.2) is 0 Å². The van der Waals surface area contributed by atoms with Crippen molar-refractivity contribution in [1.82, 2.24) is 19.5 Å². The number of nitrogen functional groups attached to an aromatic ring is 1. The first-order chi connectivity index (χ1) is 8.65. The van der Waals surface area contributed by atoms with Crippen LogP contribution in [0, 0.1) is 6.92 Å². The average molecular weight is 239 g/mol. The Labute approximate surface area is 104 Å². The highest BCUT2D eigenvalue weighted by atomic mass is 15.0. The van der Waals surface area contributed by atoms with E-state index in [0.717, 1.165) is 28.0 Å². The second kappa shape index (κ2) is 3.80. The molecule has 0 radical (unpaired) electrons. The number of fused-ring (bicyclic) bond motifs is 1. The lowest BCUT2D eigenvalue weighted by Crippen LogP contribution is -1.95. The molecule has 18 heavy (non-hydrogen) atoms. The highest BCUT2D eigenvalue weighted by Crippen LogP contribution is 2.26. The van der Waals surface area contributed by atoms with Crippen LogP contribution in [0.3, 0.4) is 0 Å². The predicted molar refractivity (Wildman–Crippen MR) is 70.9 cm³/mol. The fourth-order valence-corrected chi connectivity index (χ4v) is 2.09. The average Bonchev–Trinajstić information content (AvgIpc) is 2.67. The lowest BCUT2D eigenvalue weighted by Gasteiger charge is -2.04. The maximum Gasteiger partial charge on any atom is 0.125 e. The molecule has 0 aromatic carbocycles. The summed E-state index contributed by atoms with van der Waals surface area (Å²) in [5.74, 6) is 0.522. The Kier molecular flexibility index (Phi) is 2.26. The summed E-state index contributed by atoms with van der Waals surface area (Å²) in [7, 11) is 1.99. The summed E-state index contributed by atoms with van der Waals surface area (Å²) in [5.41, 5.74) is 9.64. The van der Waals surface area contributed by atoms with Crippen LogP contribution in [0.15, 0.2) is 30.7 Å². The summed E-state index contributed by atoms with van der Waals surface area (Å²) in [5, 5.41) is 1.05. The number of nitrogens with two attached hydrogens (primary N) is 1. The van der Waals surface area contributed by atoms with Gasteiger partial charge < -0.3 is 10.3 Å². The van der Waals surface area contributed by atoms with Gasteiger partial charge in [-0.2, -0.15) is 0 Å². The molecule has 2 N–H and O–H groups in total. The third-order valence-electron chi connectivity index (χ3n) is 3.01. The van der Waals surface area contributed by atoms with Gasteiger partial charge in [-0.05, 0) is 19.1 Å². The fraction of sp³-hybridized carbons (Fsp3) is 0.154. The van der Waals surface area contributed by atoms with Crippen LogP contribution in [0.5, 0.6) is 0 Å². The summed E-state index contributed by atoms with van der Waals surface area (Å²) in [6, 6.07) is 5.89. The molecule has 3 rings (SSSR count). The highest BCUT2D eigenvalue weighted by molar-refractivity contribution is 5.87. The van der Waals surface area contributed by atoms with Gasteiger partial charge in [0.2, 0.25) is 0 Å². The third-order valence-corrected chi connectivity index (χ3v) is 3.01. The van der Waals surface area contributed by atoms with Crippen molar-refractivity contribution in [2.45, 2.75) is 6.92 Å². The zero-order valence-electron chi connectivity index (χ0n) is 10.3. The number of hydrogen-bond acceptors (Lipinski definition) is 4. The van der Waals surface area contributed by atoms with Gasteiger partial charge in [-0.15, -0.1) is 0 Å². The van der Waals surface area contributed by atoms with Crippen LogP contribution in [0.2, 0.25) is 0 Å². The number of pyridine rings is 1. The summed E-state index contributed by atoms with van der Waals surface area (Å²) < 4.78 is 2.06. The Balaban J connectivity index is 2.27. The van der Waals surface area contributed by atoms with E-state index in [1.165, 1.54) is 0 Å². The first-order valence-corrected chi connectivity index (χ1v) is 5.65. The van der Waals surface area contributed by atoms with Gasteiger partial charge >= 0.3 is 0 Å². The van der Waals surface area contributed by atoms with Crippen LogP contribution in [-0.2, 0) is 7.05 Å². The Hall–Kier alpha value is -2.43. The molecule has 0 saturated carbocycles. The second-order valence-corrected chi connectivity index (χ2v) is 4.30. The number of rotatable bonds is 1. The van der Waals surface area contributed by atoms with E-state index in [1.54, 1.807) is 12.5 Å². The van der Waals surface area contributed by atoms with Crippen molar-refractivity contribution < 1.29 is 0 Å². The molecule has 0 aliphatic carbocycles. The van der Waals surface area contributed by atoms with Crippen molar-refractivity contribution in [1.29, 1.82) is 0 Å². The minimum Gasteiger partial charge on any atom is -0.384 e. The van der Waals surface area contributed by atoms with Crippen LogP contribution in [0.25, 0.3) is 22.3 Å². The molecule has 0 aliphatic heterocycles. The minimum atomic E-state index is 0.522. The van der Waals surface area contributed by atoms with Gasteiger partial charge in [-0.25, -0.2) is 15.0 Å². The van der Waals surface area contributed by atoms with Crippen molar-refractivity contribution in [3.63, 3.8) is 0 Å². The zero-order chi connectivity index (χ0) is 12.7. The quantitative estimate of drug-likeness (QED) is 0.704. The van der Waals surface area contributed by atoms with E-state index < -0.39 is 0 Å². The number of aryl methyl sites for hydroxylation is 2. The summed E-state index contributed by atoms with van der Waals surface area (Å²) >= 11 is 0. The van der Waals surface area contributed by atoms with E-state index in [4.69, 9.17) is 5.73 Å².